The Morgan fingerprint density at radius 1 is 0.481 bits per heavy atom. The largest absolute Gasteiger partial charge is 0.506 e. The fourth-order valence-electron chi connectivity index (χ4n) is 5.64. The lowest BCUT2D eigenvalue weighted by molar-refractivity contribution is 0.0230. The van der Waals surface area contributed by atoms with Crippen LogP contribution < -0.4 is 0 Å². The van der Waals surface area contributed by atoms with Gasteiger partial charge in [-0.3, -0.25) is 9.97 Å². The van der Waals surface area contributed by atoms with Crippen molar-refractivity contribution >= 4 is 35.5 Å². The van der Waals surface area contributed by atoms with Crippen molar-refractivity contribution in [1.29, 1.82) is 0 Å². The Labute approximate surface area is 304 Å². The number of aromatic nitrogens is 4. The Kier molecular flexibility index (Phi) is 15.4. The minimum atomic E-state index is 0.0189. The molecule has 12 heteroatoms. The summed E-state index contributed by atoms with van der Waals surface area (Å²) in [6, 6.07) is 15.4. The zero-order valence-electron chi connectivity index (χ0n) is 29.9. The number of nitrogens with zero attached hydrogens (tertiary/aromatic N) is 4. The SMILES string of the molecule is COCCOCCOCCn1c(/C=C/c2ccncc2)ccc1C1=C(O)C(c2ccc(/C=C/c3ccncc3)n2CCOCCOCCOC)=C1O. The standard InChI is InChI=1S/C40H48N4O8/c1-47-23-25-51-29-27-49-21-19-43-33(5-3-31-11-15-41-16-12-31)7-9-35(43)37-39(45)38(40(37)46)36-10-8-34(6-4-32-13-17-42-18-14-32)44(36)20-22-50-28-30-52-26-24-48-2/h3-18,45-46H,19-30H2,1-2H3/b5-3+,6-4+. The average Bonchev–Trinajstić information content (AvgIpc) is 3.75. The number of methoxy groups -OCH3 is 2. The van der Waals surface area contributed by atoms with Crippen LogP contribution in [0.25, 0.3) is 35.5 Å². The second kappa shape index (κ2) is 20.9. The molecule has 0 fully saturated rings. The van der Waals surface area contributed by atoms with Crippen LogP contribution in [0.2, 0.25) is 0 Å². The first kappa shape index (κ1) is 38.4. The normalized spacial score (nSPS) is 13.3. The van der Waals surface area contributed by atoms with E-state index in [9.17, 15) is 10.2 Å². The summed E-state index contributed by atoms with van der Waals surface area (Å²) >= 11 is 0. The van der Waals surface area contributed by atoms with Crippen LogP contribution in [0.15, 0.2) is 84.8 Å². The van der Waals surface area contributed by atoms with Gasteiger partial charge in [0.15, 0.2) is 0 Å². The van der Waals surface area contributed by atoms with Crippen molar-refractivity contribution in [3.8, 4) is 0 Å². The topological polar surface area (TPSA) is 131 Å². The smallest absolute Gasteiger partial charge is 0.141 e. The van der Waals surface area contributed by atoms with Gasteiger partial charge in [0.1, 0.15) is 11.5 Å². The predicted molar refractivity (Wildman–Crippen MR) is 201 cm³/mol. The van der Waals surface area contributed by atoms with Gasteiger partial charge in [0.05, 0.1) is 88.6 Å². The molecular formula is C40H48N4O8. The van der Waals surface area contributed by atoms with Crippen LogP contribution in [-0.4, -0.2) is 110 Å². The maximum absolute atomic E-state index is 11.6. The highest BCUT2D eigenvalue weighted by Crippen LogP contribution is 2.45. The van der Waals surface area contributed by atoms with Crippen molar-refractivity contribution in [3.05, 3.63) is 119 Å². The van der Waals surface area contributed by atoms with E-state index in [0.29, 0.717) is 102 Å². The lowest BCUT2D eigenvalue weighted by Crippen LogP contribution is -2.19. The Bertz CT molecular complexity index is 1650. The zero-order chi connectivity index (χ0) is 36.4. The number of allylic oxidation sites excluding steroid dienone is 2. The highest BCUT2D eigenvalue weighted by molar-refractivity contribution is 6.05. The molecule has 0 radical (unpaired) electrons. The Balaban J connectivity index is 1.36. The molecule has 12 nitrogen and oxygen atoms in total. The number of aliphatic hydroxyl groups is 2. The maximum atomic E-state index is 11.6. The summed E-state index contributed by atoms with van der Waals surface area (Å²) < 4.78 is 36.9. The van der Waals surface area contributed by atoms with Gasteiger partial charge in [-0.15, -0.1) is 0 Å². The van der Waals surface area contributed by atoms with Crippen molar-refractivity contribution < 1.29 is 38.6 Å². The zero-order valence-corrected chi connectivity index (χ0v) is 29.9. The third-order valence-electron chi connectivity index (χ3n) is 8.32. The quantitative estimate of drug-likeness (QED) is 0.0831. The van der Waals surface area contributed by atoms with Gasteiger partial charge in [0.25, 0.3) is 0 Å². The van der Waals surface area contributed by atoms with E-state index in [1.807, 2.05) is 82.0 Å². The molecule has 0 aromatic carbocycles. The molecule has 5 rings (SSSR count). The molecule has 0 atom stereocenters. The van der Waals surface area contributed by atoms with Gasteiger partial charge >= 0.3 is 0 Å². The number of hydrogen-bond acceptors (Lipinski definition) is 10. The number of ether oxygens (including phenoxy) is 6. The van der Waals surface area contributed by atoms with Gasteiger partial charge in [-0.25, -0.2) is 0 Å². The van der Waals surface area contributed by atoms with Gasteiger partial charge < -0.3 is 47.8 Å². The van der Waals surface area contributed by atoms with Gasteiger partial charge in [0.2, 0.25) is 0 Å². The van der Waals surface area contributed by atoms with Crippen LogP contribution in [0.4, 0.5) is 0 Å². The summed E-state index contributed by atoms with van der Waals surface area (Å²) in [5.41, 5.74) is 5.91. The Morgan fingerprint density at radius 2 is 0.846 bits per heavy atom. The Morgan fingerprint density at radius 3 is 1.23 bits per heavy atom. The van der Waals surface area contributed by atoms with Crippen LogP contribution in [0, 0.1) is 0 Å². The first-order valence-electron chi connectivity index (χ1n) is 17.3. The van der Waals surface area contributed by atoms with Gasteiger partial charge in [-0.1, -0.05) is 12.2 Å². The van der Waals surface area contributed by atoms with E-state index in [-0.39, 0.29) is 11.5 Å². The van der Waals surface area contributed by atoms with Crippen molar-refractivity contribution in [2.24, 2.45) is 0 Å². The van der Waals surface area contributed by atoms with E-state index in [4.69, 9.17) is 28.4 Å². The molecule has 276 valence electrons. The van der Waals surface area contributed by atoms with E-state index in [1.54, 1.807) is 39.0 Å². The van der Waals surface area contributed by atoms with E-state index < -0.39 is 0 Å². The number of rotatable bonds is 24. The van der Waals surface area contributed by atoms with Gasteiger partial charge in [-0.05, 0) is 71.8 Å². The second-order valence-electron chi connectivity index (χ2n) is 11.7. The monoisotopic (exact) mass is 712 g/mol. The van der Waals surface area contributed by atoms with E-state index in [1.165, 1.54) is 0 Å². The van der Waals surface area contributed by atoms with Gasteiger partial charge in [-0.2, -0.15) is 0 Å². The maximum Gasteiger partial charge on any atom is 0.141 e. The molecule has 0 spiro atoms. The predicted octanol–water partition coefficient (Wildman–Crippen LogP) is 6.03. The lowest BCUT2D eigenvalue weighted by Gasteiger charge is -2.26. The number of hydrogen-bond donors (Lipinski definition) is 2. The molecular weight excluding hydrogens is 664 g/mol. The van der Waals surface area contributed by atoms with Crippen LogP contribution in [0.3, 0.4) is 0 Å². The fraction of sp³-hybridized carbons (Fsp3) is 0.350. The van der Waals surface area contributed by atoms with Crippen molar-refractivity contribution in [3.63, 3.8) is 0 Å². The fourth-order valence-corrected chi connectivity index (χ4v) is 5.64. The molecule has 0 saturated carbocycles. The first-order valence-corrected chi connectivity index (χ1v) is 17.3. The van der Waals surface area contributed by atoms with Crippen LogP contribution in [0.1, 0.15) is 33.9 Å². The minimum Gasteiger partial charge on any atom is -0.506 e. The van der Waals surface area contributed by atoms with Gasteiger partial charge in [0, 0.05) is 63.5 Å². The van der Waals surface area contributed by atoms with Crippen LogP contribution in [0.5, 0.6) is 0 Å². The van der Waals surface area contributed by atoms with Crippen molar-refractivity contribution in [2.75, 3.05) is 80.3 Å². The van der Waals surface area contributed by atoms with Crippen molar-refractivity contribution in [2.45, 2.75) is 13.1 Å². The summed E-state index contributed by atoms with van der Waals surface area (Å²) in [7, 11) is 3.27. The van der Waals surface area contributed by atoms with E-state index >= 15 is 0 Å². The van der Waals surface area contributed by atoms with Crippen LogP contribution >= 0.6 is 0 Å². The third-order valence-corrected chi connectivity index (χ3v) is 8.32. The third kappa shape index (κ3) is 10.6. The summed E-state index contributed by atoms with van der Waals surface area (Å²) in [4.78, 5) is 8.20. The average molecular weight is 713 g/mol. The summed E-state index contributed by atoms with van der Waals surface area (Å²) in [5, 5.41) is 23.2. The molecule has 4 aromatic heterocycles. The second-order valence-corrected chi connectivity index (χ2v) is 11.7. The molecule has 1 aliphatic rings. The molecule has 52 heavy (non-hydrogen) atoms. The molecule has 0 saturated heterocycles. The molecule has 0 unspecified atom stereocenters. The molecule has 0 amide bonds. The molecule has 0 bridgehead atoms. The lowest BCUT2D eigenvalue weighted by atomic mass is 9.89. The molecule has 1 aliphatic carbocycles. The van der Waals surface area contributed by atoms with Crippen LogP contribution in [-0.2, 0) is 41.5 Å². The number of pyridine rings is 2. The number of aliphatic hydroxyl groups excluding tert-OH is 2. The Hall–Kier alpha value is -4.82. The molecule has 4 aromatic rings. The van der Waals surface area contributed by atoms with E-state index in [2.05, 4.69) is 9.97 Å². The summed E-state index contributed by atoms with van der Waals surface area (Å²) in [5.74, 6) is 0.0379. The summed E-state index contributed by atoms with van der Waals surface area (Å²) in [6.45, 7) is 5.67. The van der Waals surface area contributed by atoms with E-state index in [0.717, 1.165) is 22.5 Å². The minimum absolute atomic E-state index is 0.0189. The highest BCUT2D eigenvalue weighted by atomic mass is 16.5. The first-order chi connectivity index (χ1) is 25.6. The van der Waals surface area contributed by atoms with Crippen molar-refractivity contribution in [1.82, 2.24) is 19.1 Å². The highest BCUT2D eigenvalue weighted by Gasteiger charge is 2.35. The molecule has 0 aliphatic heterocycles. The summed E-state index contributed by atoms with van der Waals surface area (Å²) in [6.07, 6.45) is 15.0. The molecule has 2 N–H and O–H groups in total. The molecule has 4 heterocycles.